The van der Waals surface area contributed by atoms with Gasteiger partial charge in [-0.2, -0.15) is 0 Å². The number of nitrogens with two attached hydrogens (primary N) is 1. The second kappa shape index (κ2) is 6.38. The first-order valence-corrected chi connectivity index (χ1v) is 5.63. The molecule has 0 fully saturated rings. The minimum absolute atomic E-state index is 0.692. The lowest BCUT2D eigenvalue weighted by atomic mass is 10.1. The Morgan fingerprint density at radius 3 is 2.44 bits per heavy atom. The van der Waals surface area contributed by atoms with Crippen LogP contribution in [0.2, 0.25) is 0 Å². The number of ether oxygens (including phenoxy) is 2. The molecular formula is C13H21NO2. The second-order valence-electron chi connectivity index (χ2n) is 4.05. The van der Waals surface area contributed by atoms with Crippen molar-refractivity contribution in [2.75, 3.05) is 26.1 Å². The molecule has 0 saturated heterocycles. The van der Waals surface area contributed by atoms with Gasteiger partial charge in [-0.05, 0) is 43.9 Å². The molecule has 0 aromatic heterocycles. The van der Waals surface area contributed by atoms with Gasteiger partial charge in [-0.15, -0.1) is 0 Å². The smallest absolute Gasteiger partial charge is 0.145 e. The molecule has 0 heterocycles. The number of benzene rings is 1. The molecule has 0 spiro atoms. The number of rotatable bonds is 6. The zero-order valence-corrected chi connectivity index (χ0v) is 10.4. The largest absolute Gasteiger partial charge is 0.491 e. The number of anilines is 1. The zero-order chi connectivity index (χ0) is 12.0. The number of hydrogen-bond donors (Lipinski definition) is 1. The highest BCUT2D eigenvalue weighted by atomic mass is 16.5. The molecule has 0 aliphatic carbocycles. The maximum atomic E-state index is 5.91. The van der Waals surface area contributed by atoms with Crippen molar-refractivity contribution in [3.05, 3.63) is 23.3 Å². The second-order valence-corrected chi connectivity index (χ2v) is 4.05. The van der Waals surface area contributed by atoms with Gasteiger partial charge in [0.15, 0.2) is 0 Å². The molecule has 1 aromatic carbocycles. The summed E-state index contributed by atoms with van der Waals surface area (Å²) in [6.45, 7) is 5.53. The van der Waals surface area contributed by atoms with Crippen molar-refractivity contribution in [3.8, 4) is 5.75 Å². The fraction of sp³-hybridized carbons (Fsp3) is 0.538. The Morgan fingerprint density at radius 1 is 1.12 bits per heavy atom. The summed E-state index contributed by atoms with van der Waals surface area (Å²) >= 11 is 0. The van der Waals surface area contributed by atoms with Crippen LogP contribution in [0.3, 0.4) is 0 Å². The molecular weight excluding hydrogens is 202 g/mol. The van der Waals surface area contributed by atoms with Gasteiger partial charge in [0.1, 0.15) is 5.75 Å². The zero-order valence-electron chi connectivity index (χ0n) is 10.4. The molecule has 0 bridgehead atoms. The van der Waals surface area contributed by atoms with Gasteiger partial charge in [0, 0.05) is 13.7 Å². The van der Waals surface area contributed by atoms with Gasteiger partial charge >= 0.3 is 0 Å². The molecule has 1 rings (SSSR count). The Morgan fingerprint density at radius 2 is 1.81 bits per heavy atom. The highest BCUT2D eigenvalue weighted by Crippen LogP contribution is 2.27. The van der Waals surface area contributed by atoms with Crippen LogP contribution in [0, 0.1) is 13.8 Å². The van der Waals surface area contributed by atoms with E-state index in [-0.39, 0.29) is 0 Å². The van der Waals surface area contributed by atoms with Gasteiger partial charge < -0.3 is 15.2 Å². The predicted octanol–water partition coefficient (Wildman–Crippen LogP) is 2.69. The number of methoxy groups -OCH3 is 1. The normalized spacial score (nSPS) is 10.4. The van der Waals surface area contributed by atoms with Crippen molar-refractivity contribution in [3.63, 3.8) is 0 Å². The molecule has 16 heavy (non-hydrogen) atoms. The fourth-order valence-electron chi connectivity index (χ4n) is 1.71. The topological polar surface area (TPSA) is 44.5 Å². The number of hydrogen-bond acceptors (Lipinski definition) is 3. The summed E-state index contributed by atoms with van der Waals surface area (Å²) in [5, 5.41) is 0. The third-order valence-corrected chi connectivity index (χ3v) is 2.44. The van der Waals surface area contributed by atoms with E-state index in [1.807, 2.05) is 19.9 Å². The van der Waals surface area contributed by atoms with Crippen LogP contribution >= 0.6 is 0 Å². The van der Waals surface area contributed by atoms with Crippen LogP contribution in [0.5, 0.6) is 5.75 Å². The van der Waals surface area contributed by atoms with Crippen LogP contribution in [0.1, 0.15) is 24.0 Å². The maximum Gasteiger partial charge on any atom is 0.145 e. The lowest BCUT2D eigenvalue weighted by Gasteiger charge is -2.12. The molecule has 0 aliphatic rings. The highest BCUT2D eigenvalue weighted by molar-refractivity contribution is 5.58. The standard InChI is InChI=1S/C13H21NO2/c1-10-8-11(2)13(12(14)9-10)16-7-5-4-6-15-3/h8-9H,4-7,14H2,1-3H3. The van der Waals surface area contributed by atoms with Crippen LogP contribution in [0.15, 0.2) is 12.1 Å². The first-order chi connectivity index (χ1) is 7.65. The minimum Gasteiger partial charge on any atom is -0.491 e. The average Bonchev–Trinajstić information content (AvgIpc) is 2.20. The summed E-state index contributed by atoms with van der Waals surface area (Å²) < 4.78 is 10.7. The molecule has 0 radical (unpaired) electrons. The van der Waals surface area contributed by atoms with Crippen molar-refractivity contribution in [2.24, 2.45) is 0 Å². The van der Waals surface area contributed by atoms with Gasteiger partial charge in [-0.25, -0.2) is 0 Å². The Labute approximate surface area is 97.6 Å². The summed E-state index contributed by atoms with van der Waals surface area (Å²) in [6, 6.07) is 4.03. The third-order valence-electron chi connectivity index (χ3n) is 2.44. The summed E-state index contributed by atoms with van der Waals surface area (Å²) in [5.74, 6) is 0.822. The monoisotopic (exact) mass is 223 g/mol. The van der Waals surface area contributed by atoms with Crippen LogP contribution in [-0.2, 0) is 4.74 Å². The van der Waals surface area contributed by atoms with E-state index in [9.17, 15) is 0 Å². The first-order valence-electron chi connectivity index (χ1n) is 5.63. The van der Waals surface area contributed by atoms with Crippen molar-refractivity contribution in [1.29, 1.82) is 0 Å². The molecule has 90 valence electrons. The Kier molecular flexibility index (Phi) is 5.12. The molecule has 3 heteroatoms. The third kappa shape index (κ3) is 3.74. The summed E-state index contributed by atoms with van der Waals surface area (Å²) in [6.07, 6.45) is 2.00. The number of nitrogen functional groups attached to an aromatic ring is 1. The molecule has 0 atom stereocenters. The Balaban J connectivity index is 2.47. The van der Waals surface area contributed by atoms with Crippen LogP contribution < -0.4 is 10.5 Å². The lowest BCUT2D eigenvalue weighted by molar-refractivity contribution is 0.184. The van der Waals surface area contributed by atoms with Gasteiger partial charge in [-0.3, -0.25) is 0 Å². The van der Waals surface area contributed by atoms with Gasteiger partial charge in [0.05, 0.1) is 12.3 Å². The summed E-state index contributed by atoms with van der Waals surface area (Å²) in [5.41, 5.74) is 8.91. The summed E-state index contributed by atoms with van der Waals surface area (Å²) in [4.78, 5) is 0. The SMILES string of the molecule is COCCCCOc1c(C)cc(C)cc1N. The highest BCUT2D eigenvalue weighted by Gasteiger charge is 2.05. The molecule has 0 aliphatic heterocycles. The van der Waals surface area contributed by atoms with E-state index >= 15 is 0 Å². The van der Waals surface area contributed by atoms with E-state index in [4.69, 9.17) is 15.2 Å². The van der Waals surface area contributed by atoms with Crippen LogP contribution in [0.4, 0.5) is 5.69 Å². The molecule has 0 unspecified atom stereocenters. The minimum atomic E-state index is 0.692. The van der Waals surface area contributed by atoms with Crippen molar-refractivity contribution in [1.82, 2.24) is 0 Å². The number of aryl methyl sites for hydroxylation is 2. The summed E-state index contributed by atoms with van der Waals surface area (Å²) in [7, 11) is 1.71. The molecule has 2 N–H and O–H groups in total. The predicted molar refractivity (Wildman–Crippen MR) is 66.9 cm³/mol. The van der Waals surface area contributed by atoms with Gasteiger partial charge in [0.25, 0.3) is 0 Å². The van der Waals surface area contributed by atoms with Crippen molar-refractivity contribution < 1.29 is 9.47 Å². The van der Waals surface area contributed by atoms with Crippen molar-refractivity contribution >= 4 is 5.69 Å². The maximum absolute atomic E-state index is 5.91. The molecule has 0 saturated carbocycles. The average molecular weight is 223 g/mol. The number of unbranched alkanes of at least 4 members (excludes halogenated alkanes) is 1. The Hall–Kier alpha value is -1.22. The van der Waals surface area contributed by atoms with E-state index in [1.54, 1.807) is 7.11 Å². The molecule has 1 aromatic rings. The lowest BCUT2D eigenvalue weighted by Crippen LogP contribution is -2.03. The van der Waals surface area contributed by atoms with Crippen LogP contribution in [-0.4, -0.2) is 20.3 Å². The fourth-order valence-corrected chi connectivity index (χ4v) is 1.71. The first kappa shape index (κ1) is 12.8. The van der Waals surface area contributed by atoms with E-state index in [1.165, 1.54) is 5.56 Å². The Bertz CT molecular complexity index is 314. The van der Waals surface area contributed by atoms with Crippen molar-refractivity contribution in [2.45, 2.75) is 26.7 Å². The quantitative estimate of drug-likeness (QED) is 0.595. The molecule has 0 amide bonds. The van der Waals surface area contributed by atoms with Crippen LogP contribution in [0.25, 0.3) is 0 Å². The van der Waals surface area contributed by atoms with E-state index in [0.29, 0.717) is 6.61 Å². The van der Waals surface area contributed by atoms with E-state index < -0.39 is 0 Å². The van der Waals surface area contributed by atoms with Gasteiger partial charge in [-0.1, -0.05) is 6.07 Å². The molecule has 3 nitrogen and oxygen atoms in total. The van der Waals surface area contributed by atoms with E-state index in [2.05, 4.69) is 6.07 Å². The van der Waals surface area contributed by atoms with Gasteiger partial charge in [0.2, 0.25) is 0 Å². The van der Waals surface area contributed by atoms with E-state index in [0.717, 1.165) is 36.4 Å².